The van der Waals surface area contributed by atoms with Gasteiger partial charge in [0.05, 0.1) is 11.1 Å². The maximum atomic E-state index is 13.4. The molecule has 1 N–H and O–H groups in total. The van der Waals surface area contributed by atoms with E-state index >= 15 is 0 Å². The Morgan fingerprint density at radius 3 is 2.48 bits per heavy atom. The van der Waals surface area contributed by atoms with Crippen LogP contribution >= 0.6 is 23.2 Å². The lowest BCUT2D eigenvalue weighted by Crippen LogP contribution is -2.37. The zero-order valence-electron chi connectivity index (χ0n) is 18.7. The van der Waals surface area contributed by atoms with Gasteiger partial charge in [0, 0.05) is 57.9 Å². The first-order valence-electron chi connectivity index (χ1n) is 10.9. The van der Waals surface area contributed by atoms with E-state index in [0.717, 1.165) is 35.1 Å². The van der Waals surface area contributed by atoms with E-state index in [2.05, 4.69) is 24.1 Å². The second-order valence-electron chi connectivity index (χ2n) is 8.44. The number of anilines is 1. The van der Waals surface area contributed by atoms with Gasteiger partial charge in [0.15, 0.2) is 6.10 Å². The first-order valence-corrected chi connectivity index (χ1v) is 11.6. The predicted molar refractivity (Wildman–Crippen MR) is 131 cm³/mol. The largest absolute Gasteiger partial charge is 0.449 e. The Balaban J connectivity index is 1.62. The van der Waals surface area contributed by atoms with Gasteiger partial charge in [-0.15, -0.1) is 0 Å². The summed E-state index contributed by atoms with van der Waals surface area (Å²) >= 11 is 12.0. The van der Waals surface area contributed by atoms with Crippen LogP contribution in [0.3, 0.4) is 0 Å². The van der Waals surface area contributed by atoms with Crippen LogP contribution in [-0.4, -0.2) is 40.5 Å². The lowest BCUT2D eigenvalue weighted by Gasteiger charge is -2.32. The molecule has 1 atom stereocenters. The van der Waals surface area contributed by atoms with E-state index in [0.29, 0.717) is 33.9 Å². The summed E-state index contributed by atoms with van der Waals surface area (Å²) in [5, 5.41) is 4.21. The molecule has 2 heterocycles. The van der Waals surface area contributed by atoms with Gasteiger partial charge in [-0.2, -0.15) is 0 Å². The number of pyridine rings is 1. The fourth-order valence-electron chi connectivity index (χ4n) is 4.03. The molecule has 0 saturated heterocycles. The summed E-state index contributed by atoms with van der Waals surface area (Å²) in [7, 11) is 0. The Morgan fingerprint density at radius 2 is 1.79 bits per heavy atom. The number of hydrogen-bond donors (Lipinski definition) is 1. The van der Waals surface area contributed by atoms with Gasteiger partial charge < -0.3 is 10.1 Å². The maximum absolute atomic E-state index is 13.4. The number of carbonyl (C=O) groups is 2. The van der Waals surface area contributed by atoms with Crippen molar-refractivity contribution in [1.82, 2.24) is 9.88 Å². The predicted octanol–water partition coefficient (Wildman–Crippen LogP) is 5.49. The molecule has 1 amide bonds. The van der Waals surface area contributed by atoms with Crippen LogP contribution < -0.4 is 5.32 Å². The van der Waals surface area contributed by atoms with Gasteiger partial charge in [-0.25, -0.2) is 4.79 Å². The van der Waals surface area contributed by atoms with E-state index in [1.54, 1.807) is 18.2 Å². The number of nitrogens with zero attached hydrogens (tertiary/aromatic N) is 2. The van der Waals surface area contributed by atoms with E-state index in [1.165, 1.54) is 6.92 Å². The van der Waals surface area contributed by atoms with Crippen LogP contribution in [0, 0.1) is 0 Å². The molecule has 0 radical (unpaired) electrons. The average Bonchev–Trinajstić information content (AvgIpc) is 2.76. The lowest BCUT2D eigenvalue weighted by atomic mass is 9.95. The van der Waals surface area contributed by atoms with Gasteiger partial charge in [0.25, 0.3) is 5.91 Å². The van der Waals surface area contributed by atoms with Crippen molar-refractivity contribution < 1.29 is 14.3 Å². The van der Waals surface area contributed by atoms with E-state index in [-0.39, 0.29) is 0 Å². The third-order valence-electron chi connectivity index (χ3n) is 5.79. The molecule has 6 nitrogen and oxygen atoms in total. The molecular formula is C25H25Cl2N3O3. The number of ether oxygens (including phenoxy) is 1. The quantitative estimate of drug-likeness (QED) is 0.483. The summed E-state index contributed by atoms with van der Waals surface area (Å²) in [5.74, 6) is -1.01. The monoisotopic (exact) mass is 485 g/mol. The van der Waals surface area contributed by atoms with Crippen LogP contribution in [0.5, 0.6) is 0 Å². The van der Waals surface area contributed by atoms with Crippen molar-refractivity contribution in [3.8, 4) is 0 Å². The first kappa shape index (κ1) is 23.5. The summed E-state index contributed by atoms with van der Waals surface area (Å²) < 4.78 is 5.64. The molecule has 0 bridgehead atoms. The van der Waals surface area contributed by atoms with Crippen LogP contribution in [0.4, 0.5) is 5.69 Å². The fraction of sp³-hybridized carbons (Fsp3) is 0.320. The Bertz CT molecular complexity index is 1210. The van der Waals surface area contributed by atoms with Crippen molar-refractivity contribution in [3.63, 3.8) is 0 Å². The zero-order valence-corrected chi connectivity index (χ0v) is 20.2. The van der Waals surface area contributed by atoms with Crippen molar-refractivity contribution in [3.05, 3.63) is 69.3 Å². The Labute approximate surface area is 202 Å². The highest BCUT2D eigenvalue weighted by atomic mass is 35.5. The summed E-state index contributed by atoms with van der Waals surface area (Å²) in [6.07, 6.45) is -0.271. The second kappa shape index (κ2) is 9.67. The van der Waals surface area contributed by atoms with Gasteiger partial charge in [-0.05, 0) is 45.0 Å². The fourth-order valence-corrected chi connectivity index (χ4v) is 4.55. The molecule has 1 aliphatic rings. The highest BCUT2D eigenvalue weighted by Crippen LogP contribution is 2.30. The molecule has 1 aliphatic heterocycles. The molecule has 1 unspecified atom stereocenters. The zero-order chi connectivity index (χ0) is 23.7. The third-order valence-corrected chi connectivity index (χ3v) is 6.23. The van der Waals surface area contributed by atoms with Gasteiger partial charge in [-0.3, -0.25) is 14.7 Å². The number of para-hydroxylation sites is 1. The van der Waals surface area contributed by atoms with Crippen LogP contribution in [0.25, 0.3) is 10.9 Å². The lowest BCUT2D eigenvalue weighted by molar-refractivity contribution is -0.123. The van der Waals surface area contributed by atoms with Gasteiger partial charge in [-0.1, -0.05) is 41.4 Å². The van der Waals surface area contributed by atoms with Crippen molar-refractivity contribution in [2.45, 2.75) is 45.9 Å². The molecule has 4 rings (SSSR count). The number of hydrogen-bond acceptors (Lipinski definition) is 5. The third kappa shape index (κ3) is 5.13. The summed E-state index contributed by atoms with van der Waals surface area (Å²) in [4.78, 5) is 33.2. The van der Waals surface area contributed by atoms with Crippen LogP contribution in [0.15, 0.2) is 42.5 Å². The summed E-state index contributed by atoms with van der Waals surface area (Å²) in [6, 6.07) is 12.6. The normalized spacial score (nSPS) is 14.7. The summed E-state index contributed by atoms with van der Waals surface area (Å²) in [5.41, 5.74) is 3.43. The minimum absolute atomic E-state index is 0.336. The number of carbonyl (C=O) groups excluding carboxylic acids is 2. The maximum Gasteiger partial charge on any atom is 0.339 e. The molecular weight excluding hydrogens is 461 g/mol. The summed E-state index contributed by atoms with van der Waals surface area (Å²) in [6.45, 7) is 7.29. The molecule has 8 heteroatoms. The average molecular weight is 486 g/mol. The number of nitrogens with one attached hydrogen (secondary N) is 1. The minimum atomic E-state index is -1.03. The van der Waals surface area contributed by atoms with Crippen molar-refractivity contribution in [1.29, 1.82) is 0 Å². The molecule has 172 valence electrons. The number of halogens is 2. The minimum Gasteiger partial charge on any atom is -0.449 e. The van der Waals surface area contributed by atoms with E-state index in [9.17, 15) is 9.59 Å². The smallest absolute Gasteiger partial charge is 0.339 e. The van der Waals surface area contributed by atoms with Gasteiger partial charge >= 0.3 is 5.97 Å². The molecule has 0 spiro atoms. The standard InChI is InChI=1S/C25H25Cl2N3O3/c1-14(2)30-9-8-22-20(13-30)23(19-6-4-5-7-21(19)29-22)25(32)33-15(3)24(31)28-18-11-16(26)10-17(27)12-18/h4-7,10-12,14-15H,8-9,13H2,1-3H3,(H,28,31). The number of fused-ring (bicyclic) bond motifs is 2. The highest BCUT2D eigenvalue weighted by molar-refractivity contribution is 6.35. The van der Waals surface area contributed by atoms with Crippen LogP contribution in [-0.2, 0) is 22.5 Å². The topological polar surface area (TPSA) is 71.5 Å². The van der Waals surface area contributed by atoms with Crippen LogP contribution in [0.2, 0.25) is 10.0 Å². The van der Waals surface area contributed by atoms with Gasteiger partial charge in [0.1, 0.15) is 0 Å². The van der Waals surface area contributed by atoms with E-state index in [1.807, 2.05) is 24.3 Å². The number of aromatic nitrogens is 1. The Morgan fingerprint density at radius 1 is 1.09 bits per heavy atom. The number of benzene rings is 2. The SMILES string of the molecule is CC(OC(=O)c1c2c(nc3ccccc13)CCN(C(C)C)C2)C(=O)Nc1cc(Cl)cc(Cl)c1. The molecule has 0 fully saturated rings. The number of amides is 1. The Kier molecular flexibility index (Phi) is 6.88. The highest BCUT2D eigenvalue weighted by Gasteiger charge is 2.29. The molecule has 2 aromatic carbocycles. The van der Waals surface area contributed by atoms with Crippen molar-refractivity contribution in [2.75, 3.05) is 11.9 Å². The van der Waals surface area contributed by atoms with E-state index < -0.39 is 18.0 Å². The molecule has 33 heavy (non-hydrogen) atoms. The first-order chi connectivity index (χ1) is 15.7. The van der Waals surface area contributed by atoms with Gasteiger partial charge in [0.2, 0.25) is 0 Å². The number of rotatable bonds is 5. The molecule has 0 saturated carbocycles. The van der Waals surface area contributed by atoms with E-state index in [4.69, 9.17) is 32.9 Å². The number of esters is 1. The Hall–Kier alpha value is -2.67. The molecule has 0 aliphatic carbocycles. The van der Waals surface area contributed by atoms with Crippen molar-refractivity contribution >= 4 is 51.7 Å². The van der Waals surface area contributed by atoms with Crippen LogP contribution in [0.1, 0.15) is 42.4 Å². The second-order valence-corrected chi connectivity index (χ2v) is 9.31. The molecule has 1 aromatic heterocycles. The van der Waals surface area contributed by atoms with Crippen molar-refractivity contribution in [2.24, 2.45) is 0 Å². The molecule has 3 aromatic rings.